The fourth-order valence-corrected chi connectivity index (χ4v) is 1.87. The molecule has 0 radical (unpaired) electrons. The molecular weight excluding hydrogens is 251 g/mol. The molecule has 1 atom stereocenters. The molecule has 1 aliphatic rings. The molecule has 1 rings (SSSR count). The summed E-state index contributed by atoms with van der Waals surface area (Å²) in [4.78, 5) is 11.7. The molecule has 0 aromatic heterocycles. The van der Waals surface area contributed by atoms with Crippen molar-refractivity contribution in [3.63, 3.8) is 0 Å². The number of carbonyl (C=O) groups is 1. The summed E-state index contributed by atoms with van der Waals surface area (Å²) in [5.41, 5.74) is 0. The molecule has 0 saturated heterocycles. The van der Waals surface area contributed by atoms with Gasteiger partial charge >= 0.3 is 0 Å². The van der Waals surface area contributed by atoms with Crippen LogP contribution in [0.15, 0.2) is 23.3 Å². The smallest absolute Gasteiger partial charge is 0.153 e. The van der Waals surface area contributed by atoms with Gasteiger partial charge in [-0.15, -0.1) is 0 Å². The first-order valence-corrected chi connectivity index (χ1v) is 5.52. The normalized spacial score (nSPS) is 27.2. The largest absolute Gasteiger partial charge is 0.298 e. The monoisotopic (exact) mass is 262 g/mol. The molecule has 72 valence electrons. The molecule has 0 amide bonds. The lowest BCUT2D eigenvalue weighted by Gasteiger charge is -2.23. The highest BCUT2D eigenvalue weighted by atomic mass is 79.9. The van der Waals surface area contributed by atoms with Crippen molar-refractivity contribution in [3.05, 3.63) is 23.3 Å². The van der Waals surface area contributed by atoms with Gasteiger partial charge in [0.05, 0.1) is 0 Å². The van der Waals surface area contributed by atoms with E-state index in [1.54, 1.807) is 6.08 Å². The van der Waals surface area contributed by atoms with Crippen molar-refractivity contribution in [1.82, 2.24) is 0 Å². The predicted molar refractivity (Wildman–Crippen MR) is 59.3 cm³/mol. The summed E-state index contributed by atoms with van der Waals surface area (Å²) in [6.07, 6.45) is 7.63. The second-order valence-corrected chi connectivity index (χ2v) is 5.01. The van der Waals surface area contributed by atoms with E-state index in [1.807, 2.05) is 19.1 Å². The zero-order valence-corrected chi connectivity index (χ0v) is 9.86. The summed E-state index contributed by atoms with van der Waals surface area (Å²) < 4.78 is -0.499. The Balaban J connectivity index is 2.70. The zero-order chi connectivity index (χ0) is 9.90. The van der Waals surface area contributed by atoms with Crippen LogP contribution < -0.4 is 0 Å². The van der Waals surface area contributed by atoms with Gasteiger partial charge in [0, 0.05) is 11.5 Å². The summed E-state index contributed by atoms with van der Waals surface area (Å²) in [7, 11) is 0. The maximum Gasteiger partial charge on any atom is 0.153 e. The number of Topliss-reactive ketones (excluding diaryl/α,β-unsaturated/α-hetero) is 1. The predicted octanol–water partition coefficient (Wildman–Crippen LogP) is 3.57. The quantitative estimate of drug-likeness (QED) is 0.712. The van der Waals surface area contributed by atoms with Gasteiger partial charge < -0.3 is 0 Å². The second-order valence-electron chi connectivity index (χ2n) is 3.16. The van der Waals surface area contributed by atoms with Gasteiger partial charge in [0.25, 0.3) is 0 Å². The van der Waals surface area contributed by atoms with Crippen molar-refractivity contribution < 1.29 is 4.79 Å². The minimum atomic E-state index is -0.499. The van der Waals surface area contributed by atoms with Crippen LogP contribution in [0.5, 0.6) is 0 Å². The van der Waals surface area contributed by atoms with Crippen molar-refractivity contribution in [1.29, 1.82) is 0 Å². The first-order valence-electron chi connectivity index (χ1n) is 4.35. The molecule has 3 heteroatoms. The topological polar surface area (TPSA) is 17.1 Å². The van der Waals surface area contributed by atoms with E-state index in [4.69, 9.17) is 11.6 Å². The molecule has 0 heterocycles. The third kappa shape index (κ3) is 2.68. The number of hydrogen-bond donors (Lipinski definition) is 0. The number of hydrogen-bond acceptors (Lipinski definition) is 1. The van der Waals surface area contributed by atoms with E-state index in [0.717, 1.165) is 6.42 Å². The Morgan fingerprint density at radius 3 is 2.92 bits per heavy atom. The molecule has 0 aliphatic heterocycles. The van der Waals surface area contributed by atoms with E-state index >= 15 is 0 Å². The second kappa shape index (κ2) is 4.43. The lowest BCUT2D eigenvalue weighted by molar-refractivity contribution is -0.120. The molecule has 1 unspecified atom stereocenters. The van der Waals surface area contributed by atoms with Crippen LogP contribution in [0, 0.1) is 0 Å². The fraction of sp³-hybridized carbons (Fsp3) is 0.500. The van der Waals surface area contributed by atoms with Gasteiger partial charge in [-0.05, 0) is 18.9 Å². The van der Waals surface area contributed by atoms with Gasteiger partial charge in [0.1, 0.15) is 4.32 Å². The van der Waals surface area contributed by atoms with Crippen molar-refractivity contribution in [2.45, 2.75) is 30.5 Å². The maximum atomic E-state index is 11.7. The first-order chi connectivity index (χ1) is 6.08. The zero-order valence-electron chi connectivity index (χ0n) is 7.52. The van der Waals surface area contributed by atoms with E-state index < -0.39 is 4.32 Å². The van der Waals surface area contributed by atoms with Gasteiger partial charge in [0.15, 0.2) is 5.78 Å². The van der Waals surface area contributed by atoms with E-state index in [2.05, 4.69) is 15.9 Å². The van der Waals surface area contributed by atoms with E-state index in [1.165, 1.54) is 0 Å². The van der Waals surface area contributed by atoms with Gasteiger partial charge in [-0.3, -0.25) is 4.79 Å². The van der Waals surface area contributed by atoms with Crippen LogP contribution in [0.3, 0.4) is 0 Å². The van der Waals surface area contributed by atoms with Crippen molar-refractivity contribution in [2.75, 3.05) is 0 Å². The highest BCUT2D eigenvalue weighted by molar-refractivity contribution is 9.10. The molecule has 0 aromatic rings. The van der Waals surface area contributed by atoms with Crippen molar-refractivity contribution >= 4 is 33.3 Å². The SMILES string of the molecule is CCCC(=O)C1(Br)C=CC(Cl)=CC1. The van der Waals surface area contributed by atoms with E-state index in [0.29, 0.717) is 17.9 Å². The Morgan fingerprint density at radius 1 is 1.77 bits per heavy atom. The molecule has 1 nitrogen and oxygen atoms in total. The van der Waals surface area contributed by atoms with Crippen molar-refractivity contribution in [3.8, 4) is 0 Å². The van der Waals surface area contributed by atoms with E-state index in [-0.39, 0.29) is 5.78 Å². The molecule has 0 aromatic carbocycles. The standard InChI is InChI=1S/C10H12BrClO/c1-2-3-9(13)10(11)6-4-8(12)5-7-10/h4-6H,2-3,7H2,1H3. The van der Waals surface area contributed by atoms with Crippen molar-refractivity contribution in [2.24, 2.45) is 0 Å². The average Bonchev–Trinajstić information content (AvgIpc) is 2.11. The molecule has 0 saturated carbocycles. The summed E-state index contributed by atoms with van der Waals surface area (Å²) in [5, 5.41) is 0.708. The molecular formula is C10H12BrClO. The number of halogens is 2. The molecule has 13 heavy (non-hydrogen) atoms. The Kier molecular flexibility index (Phi) is 3.74. The lowest BCUT2D eigenvalue weighted by Crippen LogP contribution is -2.30. The average molecular weight is 264 g/mol. The number of allylic oxidation sites excluding steroid dienone is 4. The van der Waals surface area contributed by atoms with Crippen LogP contribution in [-0.2, 0) is 4.79 Å². The van der Waals surface area contributed by atoms with Crippen LogP contribution in [0.4, 0.5) is 0 Å². The summed E-state index contributed by atoms with van der Waals surface area (Å²) >= 11 is 9.22. The Hall–Kier alpha value is -0.0800. The van der Waals surface area contributed by atoms with E-state index in [9.17, 15) is 4.79 Å². The highest BCUT2D eigenvalue weighted by Gasteiger charge is 2.31. The molecule has 0 fully saturated rings. The van der Waals surface area contributed by atoms with Gasteiger partial charge in [0.2, 0.25) is 0 Å². The minimum Gasteiger partial charge on any atom is -0.298 e. The number of rotatable bonds is 3. The summed E-state index contributed by atoms with van der Waals surface area (Å²) in [6.45, 7) is 2.00. The Bertz CT molecular complexity index is 270. The van der Waals surface area contributed by atoms with Crippen LogP contribution in [-0.4, -0.2) is 10.1 Å². The summed E-state index contributed by atoms with van der Waals surface area (Å²) in [6, 6.07) is 0. The summed E-state index contributed by atoms with van der Waals surface area (Å²) in [5.74, 6) is 0.228. The van der Waals surface area contributed by atoms with Gasteiger partial charge in [-0.1, -0.05) is 46.6 Å². The highest BCUT2D eigenvalue weighted by Crippen LogP contribution is 2.33. The first kappa shape index (κ1) is 11.0. The van der Waals surface area contributed by atoms with Crippen LogP contribution in [0.1, 0.15) is 26.2 Å². The Morgan fingerprint density at radius 2 is 2.46 bits per heavy atom. The minimum absolute atomic E-state index is 0.228. The van der Waals surface area contributed by atoms with Crippen LogP contribution in [0.25, 0.3) is 0 Å². The fourth-order valence-electron chi connectivity index (χ4n) is 1.24. The lowest BCUT2D eigenvalue weighted by atomic mass is 9.93. The molecule has 1 aliphatic carbocycles. The van der Waals surface area contributed by atoms with Gasteiger partial charge in [-0.2, -0.15) is 0 Å². The van der Waals surface area contributed by atoms with Crippen LogP contribution in [0.2, 0.25) is 0 Å². The molecule has 0 spiro atoms. The van der Waals surface area contributed by atoms with Gasteiger partial charge in [-0.25, -0.2) is 0 Å². The number of carbonyl (C=O) groups excluding carboxylic acids is 1. The molecule has 0 N–H and O–H groups in total. The third-order valence-corrected chi connectivity index (χ3v) is 3.35. The number of ketones is 1. The number of alkyl halides is 1. The maximum absolute atomic E-state index is 11.7. The van der Waals surface area contributed by atoms with Crippen LogP contribution >= 0.6 is 27.5 Å². The molecule has 0 bridgehead atoms. The Labute approximate surface area is 92.0 Å². The third-order valence-electron chi connectivity index (χ3n) is 2.04.